The van der Waals surface area contributed by atoms with Gasteiger partial charge in [0.25, 0.3) is 0 Å². The molecule has 0 radical (unpaired) electrons. The number of sulfonamides is 1. The van der Waals surface area contributed by atoms with E-state index in [1.54, 1.807) is 0 Å². The van der Waals surface area contributed by atoms with Crippen LogP contribution in [0.3, 0.4) is 0 Å². The zero-order valence-electron chi connectivity index (χ0n) is 10.7. The largest absolute Gasteiger partial charge is 0.481 e. The number of hydrogen-bond donors (Lipinski definition) is 2. The van der Waals surface area contributed by atoms with E-state index in [1.807, 2.05) is 0 Å². The van der Waals surface area contributed by atoms with Crippen LogP contribution in [0.5, 0.6) is 0 Å². The predicted octanol–water partition coefficient (Wildman–Crippen LogP) is -0.406. The minimum Gasteiger partial charge on any atom is -0.481 e. The van der Waals surface area contributed by atoms with Gasteiger partial charge >= 0.3 is 5.97 Å². The monoisotopic (exact) mass is 313 g/mol. The Bertz CT molecular complexity index is 524. The standard InChI is InChI=1S/C10H19NO6S2/c1-18(14,15)6-7-19(16,17)11-9-5-3-2-4-8(9)10(12)13/h8-9,11H,2-7H2,1H3,(H,12,13). The molecule has 2 N–H and O–H groups in total. The van der Waals surface area contributed by atoms with E-state index in [0.29, 0.717) is 12.8 Å². The van der Waals surface area contributed by atoms with E-state index < -0.39 is 49.3 Å². The summed E-state index contributed by atoms with van der Waals surface area (Å²) in [5.41, 5.74) is 0. The van der Waals surface area contributed by atoms with Gasteiger partial charge in [0.2, 0.25) is 10.0 Å². The van der Waals surface area contributed by atoms with Crippen molar-refractivity contribution in [1.29, 1.82) is 0 Å². The number of sulfone groups is 1. The van der Waals surface area contributed by atoms with Crippen LogP contribution in [0.25, 0.3) is 0 Å². The molecule has 0 heterocycles. The molecule has 2 atom stereocenters. The van der Waals surface area contributed by atoms with Crippen molar-refractivity contribution in [1.82, 2.24) is 4.72 Å². The van der Waals surface area contributed by atoms with Gasteiger partial charge < -0.3 is 5.11 Å². The maximum atomic E-state index is 11.7. The summed E-state index contributed by atoms with van der Waals surface area (Å²) in [4.78, 5) is 11.0. The van der Waals surface area contributed by atoms with E-state index in [2.05, 4.69) is 4.72 Å². The Balaban J connectivity index is 2.67. The van der Waals surface area contributed by atoms with E-state index in [9.17, 15) is 21.6 Å². The Morgan fingerprint density at radius 3 is 2.26 bits per heavy atom. The predicted molar refractivity (Wildman–Crippen MR) is 70.0 cm³/mol. The van der Waals surface area contributed by atoms with Crippen molar-refractivity contribution >= 4 is 25.8 Å². The van der Waals surface area contributed by atoms with Gasteiger partial charge in [-0.25, -0.2) is 21.6 Å². The van der Waals surface area contributed by atoms with Crippen molar-refractivity contribution in [2.75, 3.05) is 17.8 Å². The van der Waals surface area contributed by atoms with Crippen molar-refractivity contribution in [3.05, 3.63) is 0 Å². The molecule has 19 heavy (non-hydrogen) atoms. The van der Waals surface area contributed by atoms with Gasteiger partial charge in [-0.15, -0.1) is 0 Å². The van der Waals surface area contributed by atoms with E-state index in [4.69, 9.17) is 5.11 Å². The van der Waals surface area contributed by atoms with Crippen LogP contribution in [0.4, 0.5) is 0 Å². The van der Waals surface area contributed by atoms with Gasteiger partial charge in [-0.1, -0.05) is 12.8 Å². The number of nitrogens with one attached hydrogen (secondary N) is 1. The summed E-state index contributed by atoms with van der Waals surface area (Å²) < 4.78 is 47.7. The lowest BCUT2D eigenvalue weighted by atomic mass is 9.85. The second-order valence-electron chi connectivity index (χ2n) is 4.90. The Kier molecular flexibility index (Phi) is 5.34. The quantitative estimate of drug-likeness (QED) is 0.688. The fourth-order valence-corrected chi connectivity index (χ4v) is 5.07. The van der Waals surface area contributed by atoms with Gasteiger partial charge in [-0.3, -0.25) is 4.79 Å². The molecule has 1 aliphatic carbocycles. The molecule has 9 heteroatoms. The zero-order chi connectivity index (χ0) is 14.7. The second-order valence-corrected chi connectivity index (χ2v) is 9.04. The zero-order valence-corrected chi connectivity index (χ0v) is 12.3. The van der Waals surface area contributed by atoms with Crippen molar-refractivity contribution in [3.63, 3.8) is 0 Å². The molecular formula is C10H19NO6S2. The molecule has 7 nitrogen and oxygen atoms in total. The first-order valence-electron chi connectivity index (χ1n) is 6.01. The molecule has 1 saturated carbocycles. The molecule has 0 aliphatic heterocycles. The lowest BCUT2D eigenvalue weighted by molar-refractivity contribution is -0.143. The Morgan fingerprint density at radius 1 is 1.16 bits per heavy atom. The topological polar surface area (TPSA) is 118 Å². The number of carboxylic acid groups (broad SMARTS) is 1. The third-order valence-electron chi connectivity index (χ3n) is 3.14. The summed E-state index contributed by atoms with van der Waals surface area (Å²) in [6, 6.07) is -0.643. The highest BCUT2D eigenvalue weighted by Gasteiger charge is 2.33. The molecule has 1 aliphatic rings. The van der Waals surface area contributed by atoms with Gasteiger partial charge in [-0.05, 0) is 12.8 Å². The van der Waals surface area contributed by atoms with Crippen LogP contribution in [0, 0.1) is 5.92 Å². The molecule has 0 aromatic heterocycles. The third kappa shape index (κ3) is 5.87. The van der Waals surface area contributed by atoms with Crippen LogP contribution in [0.2, 0.25) is 0 Å². The number of rotatable bonds is 6. The lowest BCUT2D eigenvalue weighted by Crippen LogP contribution is -2.46. The van der Waals surface area contributed by atoms with E-state index in [1.165, 1.54) is 0 Å². The average molecular weight is 313 g/mol. The van der Waals surface area contributed by atoms with Gasteiger partial charge in [0.15, 0.2) is 0 Å². The van der Waals surface area contributed by atoms with Crippen LogP contribution >= 0.6 is 0 Å². The molecule has 0 spiro atoms. The van der Waals surface area contributed by atoms with Crippen LogP contribution < -0.4 is 4.72 Å². The first-order valence-corrected chi connectivity index (χ1v) is 9.72. The van der Waals surface area contributed by atoms with Crippen LogP contribution in [-0.2, 0) is 24.7 Å². The van der Waals surface area contributed by atoms with Gasteiger partial charge in [0.05, 0.1) is 17.4 Å². The van der Waals surface area contributed by atoms with Gasteiger partial charge in [0.1, 0.15) is 9.84 Å². The number of carbonyl (C=O) groups is 1. The Hall–Kier alpha value is -0.670. The summed E-state index contributed by atoms with van der Waals surface area (Å²) in [6.07, 6.45) is 3.40. The molecule has 1 rings (SSSR count). The normalized spacial score (nSPS) is 25.1. The van der Waals surface area contributed by atoms with Crippen LogP contribution in [0.1, 0.15) is 25.7 Å². The minimum absolute atomic E-state index is 0.439. The SMILES string of the molecule is CS(=O)(=O)CCS(=O)(=O)NC1CCCCC1C(=O)O. The minimum atomic E-state index is -3.77. The van der Waals surface area contributed by atoms with E-state index >= 15 is 0 Å². The molecular weight excluding hydrogens is 294 g/mol. The summed E-state index contributed by atoms with van der Waals surface area (Å²) in [5, 5.41) is 9.03. The molecule has 0 aromatic rings. The van der Waals surface area contributed by atoms with Gasteiger partial charge in [-0.2, -0.15) is 0 Å². The number of aliphatic carboxylic acids is 1. The van der Waals surface area contributed by atoms with Crippen molar-refractivity contribution in [3.8, 4) is 0 Å². The number of carboxylic acids is 1. The first kappa shape index (κ1) is 16.4. The second kappa shape index (κ2) is 6.19. The van der Waals surface area contributed by atoms with Crippen LogP contribution in [-0.4, -0.2) is 51.7 Å². The highest BCUT2D eigenvalue weighted by atomic mass is 32.2. The number of hydrogen-bond acceptors (Lipinski definition) is 5. The summed E-state index contributed by atoms with van der Waals surface area (Å²) in [7, 11) is -7.14. The Morgan fingerprint density at radius 2 is 1.74 bits per heavy atom. The lowest BCUT2D eigenvalue weighted by Gasteiger charge is -2.28. The fourth-order valence-electron chi connectivity index (χ4n) is 2.12. The third-order valence-corrected chi connectivity index (χ3v) is 5.74. The van der Waals surface area contributed by atoms with Crippen molar-refractivity contribution < 1.29 is 26.7 Å². The molecule has 0 aromatic carbocycles. The van der Waals surface area contributed by atoms with Gasteiger partial charge in [0, 0.05) is 12.3 Å². The highest BCUT2D eigenvalue weighted by molar-refractivity contribution is 7.93. The first-order chi connectivity index (χ1) is 8.61. The van der Waals surface area contributed by atoms with Crippen LogP contribution in [0.15, 0.2) is 0 Å². The maximum absolute atomic E-state index is 11.7. The molecule has 1 fully saturated rings. The molecule has 112 valence electrons. The van der Waals surface area contributed by atoms with Crippen molar-refractivity contribution in [2.24, 2.45) is 5.92 Å². The smallest absolute Gasteiger partial charge is 0.308 e. The van der Waals surface area contributed by atoms with E-state index in [0.717, 1.165) is 19.1 Å². The average Bonchev–Trinajstić information content (AvgIpc) is 2.26. The van der Waals surface area contributed by atoms with Crippen molar-refractivity contribution in [2.45, 2.75) is 31.7 Å². The Labute approximate surface area is 113 Å². The fraction of sp³-hybridized carbons (Fsp3) is 0.900. The molecule has 0 saturated heterocycles. The molecule has 0 amide bonds. The summed E-state index contributed by atoms with van der Waals surface area (Å²) in [5.74, 6) is -2.75. The summed E-state index contributed by atoms with van der Waals surface area (Å²) >= 11 is 0. The summed E-state index contributed by atoms with van der Waals surface area (Å²) in [6.45, 7) is 0. The maximum Gasteiger partial charge on any atom is 0.308 e. The highest BCUT2D eigenvalue weighted by Crippen LogP contribution is 2.25. The van der Waals surface area contributed by atoms with E-state index in [-0.39, 0.29) is 0 Å². The molecule has 0 bridgehead atoms. The molecule has 2 unspecified atom stereocenters.